The largest absolute Gasteiger partial charge is 0.508 e. The summed E-state index contributed by atoms with van der Waals surface area (Å²) in [5, 5.41) is 15.4. The smallest absolute Gasteiger partial charge is 0.315 e. The van der Waals surface area contributed by atoms with Crippen molar-refractivity contribution < 1.29 is 14.3 Å². The molecule has 2 amide bonds. The van der Waals surface area contributed by atoms with Crippen molar-refractivity contribution in [3.05, 3.63) is 54.0 Å². The van der Waals surface area contributed by atoms with Crippen molar-refractivity contribution in [1.82, 2.24) is 15.5 Å². The lowest BCUT2D eigenvalue weighted by molar-refractivity contribution is 0.202. The summed E-state index contributed by atoms with van der Waals surface area (Å²) in [5.74, 6) is 1.07. The molecule has 3 N–H and O–H groups in total. The Kier molecular flexibility index (Phi) is 5.60. The minimum Gasteiger partial charge on any atom is -0.508 e. The molecule has 3 rings (SSSR count). The zero-order valence-electron chi connectivity index (χ0n) is 14.4. The molecule has 1 aromatic carbocycles. The van der Waals surface area contributed by atoms with E-state index in [4.69, 9.17) is 4.42 Å². The lowest BCUT2D eigenvalue weighted by atomic mass is 10.1. The second-order valence-corrected chi connectivity index (χ2v) is 6.45. The predicted molar refractivity (Wildman–Crippen MR) is 95.3 cm³/mol. The Hall–Kier alpha value is -2.47. The average Bonchev–Trinajstić information content (AvgIpc) is 3.29. The minimum absolute atomic E-state index is 0.0549. The van der Waals surface area contributed by atoms with E-state index in [0.717, 1.165) is 24.4 Å². The third-order valence-electron chi connectivity index (χ3n) is 4.63. The molecule has 0 saturated carbocycles. The van der Waals surface area contributed by atoms with Crippen LogP contribution in [0.15, 0.2) is 47.1 Å². The van der Waals surface area contributed by atoms with E-state index in [1.807, 2.05) is 25.1 Å². The molecule has 0 bridgehead atoms. The van der Waals surface area contributed by atoms with Crippen LogP contribution in [-0.2, 0) is 0 Å². The highest BCUT2D eigenvalue weighted by Crippen LogP contribution is 2.25. The number of carbonyl (C=O) groups is 1. The summed E-state index contributed by atoms with van der Waals surface area (Å²) in [6.07, 6.45) is 4.03. The van der Waals surface area contributed by atoms with Gasteiger partial charge in [0.25, 0.3) is 0 Å². The van der Waals surface area contributed by atoms with E-state index in [9.17, 15) is 9.90 Å². The van der Waals surface area contributed by atoms with E-state index in [1.54, 1.807) is 24.5 Å². The number of urea groups is 1. The summed E-state index contributed by atoms with van der Waals surface area (Å²) in [7, 11) is 0. The molecule has 25 heavy (non-hydrogen) atoms. The Morgan fingerprint density at radius 1 is 1.28 bits per heavy atom. The van der Waals surface area contributed by atoms with Crippen LogP contribution in [0.25, 0.3) is 0 Å². The number of nitrogens with one attached hydrogen (secondary N) is 2. The van der Waals surface area contributed by atoms with E-state index in [-0.39, 0.29) is 23.9 Å². The van der Waals surface area contributed by atoms with Crippen LogP contribution in [0.5, 0.6) is 5.75 Å². The normalized spacial score (nSPS) is 17.2. The molecule has 1 aliphatic heterocycles. The topological polar surface area (TPSA) is 77.7 Å². The van der Waals surface area contributed by atoms with Crippen LogP contribution >= 0.6 is 0 Å². The van der Waals surface area contributed by atoms with Gasteiger partial charge in [-0.05, 0) is 62.7 Å². The van der Waals surface area contributed by atoms with Crippen LogP contribution in [0.2, 0.25) is 0 Å². The van der Waals surface area contributed by atoms with Gasteiger partial charge in [-0.15, -0.1) is 0 Å². The second-order valence-electron chi connectivity index (χ2n) is 6.45. The summed E-state index contributed by atoms with van der Waals surface area (Å²) in [4.78, 5) is 14.6. The summed E-state index contributed by atoms with van der Waals surface area (Å²) < 4.78 is 5.56. The number of likely N-dealkylation sites (tertiary alicyclic amines) is 1. The van der Waals surface area contributed by atoms with Crippen molar-refractivity contribution >= 4 is 6.03 Å². The third kappa shape index (κ3) is 4.54. The van der Waals surface area contributed by atoms with Gasteiger partial charge in [0.2, 0.25) is 0 Å². The number of furan rings is 1. The first kappa shape index (κ1) is 17.4. The van der Waals surface area contributed by atoms with Gasteiger partial charge in [-0.2, -0.15) is 0 Å². The molecule has 2 aromatic rings. The summed E-state index contributed by atoms with van der Waals surface area (Å²) >= 11 is 0. The van der Waals surface area contributed by atoms with Crippen LogP contribution in [0.4, 0.5) is 4.79 Å². The Morgan fingerprint density at radius 3 is 2.76 bits per heavy atom. The van der Waals surface area contributed by atoms with Gasteiger partial charge in [0.15, 0.2) is 0 Å². The molecule has 0 unspecified atom stereocenters. The molecule has 6 heteroatoms. The van der Waals surface area contributed by atoms with Crippen LogP contribution in [-0.4, -0.2) is 35.7 Å². The van der Waals surface area contributed by atoms with Crippen LogP contribution in [0.1, 0.15) is 43.2 Å². The van der Waals surface area contributed by atoms with Gasteiger partial charge in [0, 0.05) is 6.54 Å². The fraction of sp³-hybridized carbons (Fsp3) is 0.421. The third-order valence-corrected chi connectivity index (χ3v) is 4.63. The molecule has 1 aromatic heterocycles. The lowest BCUT2D eigenvalue weighted by Gasteiger charge is -2.26. The fourth-order valence-corrected chi connectivity index (χ4v) is 3.26. The van der Waals surface area contributed by atoms with Crippen LogP contribution in [0, 0.1) is 0 Å². The van der Waals surface area contributed by atoms with E-state index < -0.39 is 0 Å². The van der Waals surface area contributed by atoms with Gasteiger partial charge < -0.3 is 20.2 Å². The standard InChI is InChI=1S/C19H25N3O3/c1-14(15-6-4-7-16(23)12-15)21-19(24)20-13-17(18-8-5-11-25-18)22-9-2-3-10-22/h4-8,11-12,14,17,23H,2-3,9-10,13H2,1H3,(H2,20,21,24)/t14-,17+/m1/s1. The molecule has 1 aliphatic rings. The molecule has 1 saturated heterocycles. The molecule has 0 aliphatic carbocycles. The maximum atomic E-state index is 12.3. The van der Waals surface area contributed by atoms with Gasteiger partial charge in [-0.1, -0.05) is 12.1 Å². The van der Waals surface area contributed by atoms with E-state index in [2.05, 4.69) is 15.5 Å². The van der Waals surface area contributed by atoms with Crippen molar-refractivity contribution in [2.45, 2.75) is 31.8 Å². The number of nitrogens with zero attached hydrogens (tertiary/aromatic N) is 1. The van der Waals surface area contributed by atoms with Gasteiger partial charge in [-0.25, -0.2) is 4.79 Å². The predicted octanol–water partition coefficient (Wildman–Crippen LogP) is 3.18. The number of hydrogen-bond donors (Lipinski definition) is 3. The highest BCUT2D eigenvalue weighted by atomic mass is 16.3. The second kappa shape index (κ2) is 8.07. The molecule has 2 heterocycles. The Balaban J connectivity index is 1.56. The van der Waals surface area contributed by atoms with E-state index >= 15 is 0 Å². The average molecular weight is 343 g/mol. The Morgan fingerprint density at radius 2 is 2.08 bits per heavy atom. The molecule has 134 valence electrons. The maximum Gasteiger partial charge on any atom is 0.315 e. The number of phenols is 1. The molecule has 0 radical (unpaired) electrons. The van der Waals surface area contributed by atoms with Gasteiger partial charge in [0.1, 0.15) is 11.5 Å². The van der Waals surface area contributed by atoms with E-state index in [0.29, 0.717) is 6.54 Å². The van der Waals surface area contributed by atoms with Crippen LogP contribution in [0.3, 0.4) is 0 Å². The van der Waals surface area contributed by atoms with E-state index in [1.165, 1.54) is 12.8 Å². The number of benzene rings is 1. The number of phenolic OH excluding ortho intramolecular Hbond substituents is 1. The first-order valence-electron chi connectivity index (χ1n) is 8.74. The maximum absolute atomic E-state index is 12.3. The number of carbonyl (C=O) groups excluding carboxylic acids is 1. The molecule has 0 spiro atoms. The van der Waals surface area contributed by atoms with Gasteiger partial charge in [-0.3, -0.25) is 4.90 Å². The van der Waals surface area contributed by atoms with Crippen molar-refractivity contribution in [1.29, 1.82) is 0 Å². The Labute approximate surface area is 147 Å². The zero-order valence-corrected chi connectivity index (χ0v) is 14.4. The first-order valence-corrected chi connectivity index (χ1v) is 8.74. The quantitative estimate of drug-likeness (QED) is 0.753. The monoisotopic (exact) mass is 343 g/mol. The summed E-state index contributed by atoms with van der Waals surface area (Å²) in [6, 6.07) is 10.4. The van der Waals surface area contributed by atoms with Crippen LogP contribution < -0.4 is 10.6 Å². The number of amides is 2. The fourth-order valence-electron chi connectivity index (χ4n) is 3.26. The molecule has 2 atom stereocenters. The van der Waals surface area contributed by atoms with Crippen molar-refractivity contribution in [3.63, 3.8) is 0 Å². The molecular formula is C19H25N3O3. The first-order chi connectivity index (χ1) is 12.1. The molecule has 1 fully saturated rings. The number of rotatable bonds is 6. The van der Waals surface area contributed by atoms with Gasteiger partial charge >= 0.3 is 6.03 Å². The van der Waals surface area contributed by atoms with Crippen molar-refractivity contribution in [2.24, 2.45) is 0 Å². The van der Waals surface area contributed by atoms with Crippen molar-refractivity contribution in [2.75, 3.05) is 19.6 Å². The summed E-state index contributed by atoms with van der Waals surface area (Å²) in [6.45, 7) is 4.42. The minimum atomic E-state index is -0.230. The number of hydrogen-bond acceptors (Lipinski definition) is 4. The van der Waals surface area contributed by atoms with Gasteiger partial charge in [0.05, 0.1) is 18.3 Å². The SMILES string of the molecule is C[C@@H](NC(=O)NC[C@@H](c1ccco1)N1CCCC1)c1cccc(O)c1. The number of aromatic hydroxyl groups is 1. The lowest BCUT2D eigenvalue weighted by Crippen LogP contribution is -2.42. The molecular weight excluding hydrogens is 318 g/mol. The summed E-state index contributed by atoms with van der Waals surface area (Å²) in [5.41, 5.74) is 0.859. The highest BCUT2D eigenvalue weighted by molar-refractivity contribution is 5.74. The molecule has 6 nitrogen and oxygen atoms in total. The Bertz CT molecular complexity index is 681. The zero-order chi connectivity index (χ0) is 17.6. The highest BCUT2D eigenvalue weighted by Gasteiger charge is 2.26. The van der Waals surface area contributed by atoms with Crippen molar-refractivity contribution in [3.8, 4) is 5.75 Å².